The molecule has 1 saturated heterocycles. The molecule has 0 radical (unpaired) electrons. The smallest absolute Gasteiger partial charge is 0.254 e. The molecule has 0 N–H and O–H groups in total. The highest BCUT2D eigenvalue weighted by molar-refractivity contribution is 6.08. The number of benzene rings is 1. The molecule has 140 valence electrons. The zero-order chi connectivity index (χ0) is 19.1. The fourth-order valence-corrected chi connectivity index (χ4v) is 3.91. The second-order valence-corrected chi connectivity index (χ2v) is 7.53. The summed E-state index contributed by atoms with van der Waals surface area (Å²) in [7, 11) is 0. The van der Waals surface area contributed by atoms with Crippen molar-refractivity contribution in [2.75, 3.05) is 6.54 Å². The number of aromatic nitrogens is 3. The number of hydrogen-bond acceptors (Lipinski definition) is 3. The van der Waals surface area contributed by atoms with E-state index in [2.05, 4.69) is 38.9 Å². The Balaban J connectivity index is 1.92. The van der Waals surface area contributed by atoms with Crippen molar-refractivity contribution in [1.82, 2.24) is 19.7 Å². The molecule has 1 atom stereocenters. The molecule has 0 spiro atoms. The van der Waals surface area contributed by atoms with Crippen LogP contribution in [0.25, 0.3) is 22.2 Å². The first-order valence-electron chi connectivity index (χ1n) is 9.74. The SMILES string of the molecule is CCn1cc(-c2cc(C(=O)N3CCC[C@@H]3C)c3ccc(C)c(C)c3n2)cn1. The van der Waals surface area contributed by atoms with Gasteiger partial charge in [0.2, 0.25) is 0 Å². The summed E-state index contributed by atoms with van der Waals surface area (Å²) in [4.78, 5) is 20.3. The summed E-state index contributed by atoms with van der Waals surface area (Å²) < 4.78 is 1.88. The van der Waals surface area contributed by atoms with Crippen LogP contribution in [0.2, 0.25) is 0 Å². The van der Waals surface area contributed by atoms with Crippen LogP contribution in [0.3, 0.4) is 0 Å². The third-order valence-electron chi connectivity index (χ3n) is 5.80. The van der Waals surface area contributed by atoms with Crippen LogP contribution < -0.4 is 0 Å². The Morgan fingerprint density at radius 1 is 1.30 bits per heavy atom. The number of rotatable bonds is 3. The highest BCUT2D eigenvalue weighted by Crippen LogP contribution is 2.30. The maximum absolute atomic E-state index is 13.4. The number of carbonyl (C=O) groups excluding carboxylic acids is 1. The lowest BCUT2D eigenvalue weighted by atomic mass is 9.99. The van der Waals surface area contributed by atoms with Crippen molar-refractivity contribution in [3.63, 3.8) is 0 Å². The molecule has 0 saturated carbocycles. The van der Waals surface area contributed by atoms with Crippen LogP contribution in [-0.2, 0) is 6.54 Å². The van der Waals surface area contributed by atoms with Crippen LogP contribution in [0.5, 0.6) is 0 Å². The van der Waals surface area contributed by atoms with E-state index in [9.17, 15) is 4.79 Å². The van der Waals surface area contributed by atoms with E-state index in [4.69, 9.17) is 4.98 Å². The van der Waals surface area contributed by atoms with Gasteiger partial charge in [-0.3, -0.25) is 9.48 Å². The molecule has 3 heterocycles. The lowest BCUT2D eigenvalue weighted by Crippen LogP contribution is -2.33. The van der Waals surface area contributed by atoms with Crippen LogP contribution in [-0.4, -0.2) is 38.2 Å². The molecule has 5 heteroatoms. The van der Waals surface area contributed by atoms with E-state index in [1.54, 1.807) is 0 Å². The summed E-state index contributed by atoms with van der Waals surface area (Å²) in [5.74, 6) is 0.111. The van der Waals surface area contributed by atoms with Crippen molar-refractivity contribution in [3.05, 3.63) is 47.3 Å². The summed E-state index contributed by atoms with van der Waals surface area (Å²) >= 11 is 0. The molecule has 1 aliphatic rings. The molecule has 0 bridgehead atoms. The van der Waals surface area contributed by atoms with Crippen LogP contribution >= 0.6 is 0 Å². The Morgan fingerprint density at radius 3 is 2.78 bits per heavy atom. The second kappa shape index (κ2) is 6.80. The van der Waals surface area contributed by atoms with Gasteiger partial charge in [-0.15, -0.1) is 0 Å². The van der Waals surface area contributed by atoms with Gasteiger partial charge in [-0.25, -0.2) is 4.98 Å². The quantitative estimate of drug-likeness (QED) is 0.696. The minimum absolute atomic E-state index is 0.111. The van der Waals surface area contributed by atoms with Gasteiger partial charge in [0.1, 0.15) is 0 Å². The molecule has 1 amide bonds. The van der Waals surface area contributed by atoms with Crippen molar-refractivity contribution >= 4 is 16.8 Å². The molecule has 1 fully saturated rings. The van der Waals surface area contributed by atoms with Crippen LogP contribution in [0.1, 0.15) is 48.2 Å². The molecular formula is C22H26N4O. The highest BCUT2D eigenvalue weighted by atomic mass is 16.2. The predicted molar refractivity (Wildman–Crippen MR) is 108 cm³/mol. The van der Waals surface area contributed by atoms with E-state index in [0.717, 1.165) is 59.2 Å². The Bertz CT molecular complexity index is 1020. The summed E-state index contributed by atoms with van der Waals surface area (Å²) in [5, 5.41) is 5.32. The fourth-order valence-electron chi connectivity index (χ4n) is 3.91. The Hall–Kier alpha value is -2.69. The Labute approximate surface area is 160 Å². The number of pyridine rings is 1. The molecule has 3 aromatic rings. The van der Waals surface area contributed by atoms with E-state index in [-0.39, 0.29) is 5.91 Å². The maximum Gasteiger partial charge on any atom is 0.254 e. The van der Waals surface area contributed by atoms with Crippen molar-refractivity contribution < 1.29 is 4.79 Å². The summed E-state index contributed by atoms with van der Waals surface area (Å²) in [6.45, 7) is 10.00. The number of amides is 1. The van der Waals surface area contributed by atoms with Gasteiger partial charge in [-0.2, -0.15) is 5.10 Å². The number of aryl methyl sites for hydroxylation is 3. The van der Waals surface area contributed by atoms with Crippen molar-refractivity contribution in [1.29, 1.82) is 0 Å². The van der Waals surface area contributed by atoms with Gasteiger partial charge in [0.15, 0.2) is 0 Å². The lowest BCUT2D eigenvalue weighted by Gasteiger charge is -2.23. The number of fused-ring (bicyclic) bond motifs is 1. The average molecular weight is 362 g/mol. The zero-order valence-corrected chi connectivity index (χ0v) is 16.5. The molecule has 4 rings (SSSR count). The highest BCUT2D eigenvalue weighted by Gasteiger charge is 2.28. The Morgan fingerprint density at radius 2 is 2.11 bits per heavy atom. The number of nitrogens with zero attached hydrogens (tertiary/aromatic N) is 4. The minimum atomic E-state index is 0.111. The maximum atomic E-state index is 13.4. The molecule has 5 nitrogen and oxygen atoms in total. The fraction of sp³-hybridized carbons (Fsp3) is 0.409. The van der Waals surface area contributed by atoms with E-state index in [1.807, 2.05) is 34.1 Å². The first kappa shape index (κ1) is 17.7. The first-order chi connectivity index (χ1) is 13.0. The topological polar surface area (TPSA) is 51.0 Å². The van der Waals surface area contributed by atoms with Crippen molar-refractivity contribution in [2.45, 2.75) is 53.1 Å². The van der Waals surface area contributed by atoms with Gasteiger partial charge >= 0.3 is 0 Å². The predicted octanol–water partition coefficient (Wildman–Crippen LogP) is 4.36. The molecule has 0 unspecified atom stereocenters. The largest absolute Gasteiger partial charge is 0.336 e. The van der Waals surface area contributed by atoms with Crippen LogP contribution in [0.15, 0.2) is 30.6 Å². The first-order valence-corrected chi connectivity index (χ1v) is 9.74. The van der Waals surface area contributed by atoms with E-state index >= 15 is 0 Å². The Kier molecular flexibility index (Phi) is 4.46. The van der Waals surface area contributed by atoms with Gasteiger partial charge in [-0.1, -0.05) is 12.1 Å². The normalized spacial score (nSPS) is 17.0. The average Bonchev–Trinajstić information content (AvgIpc) is 3.32. The minimum Gasteiger partial charge on any atom is -0.336 e. The monoisotopic (exact) mass is 362 g/mol. The van der Waals surface area contributed by atoms with E-state index < -0.39 is 0 Å². The van der Waals surface area contributed by atoms with Gasteiger partial charge in [0.05, 0.1) is 23.0 Å². The molecule has 1 aliphatic heterocycles. The second-order valence-electron chi connectivity index (χ2n) is 7.53. The number of hydrogen-bond donors (Lipinski definition) is 0. The van der Waals surface area contributed by atoms with E-state index in [0.29, 0.717) is 6.04 Å². The van der Waals surface area contributed by atoms with Crippen LogP contribution in [0, 0.1) is 13.8 Å². The van der Waals surface area contributed by atoms with Crippen LogP contribution in [0.4, 0.5) is 0 Å². The lowest BCUT2D eigenvalue weighted by molar-refractivity contribution is 0.0749. The third-order valence-corrected chi connectivity index (χ3v) is 5.80. The summed E-state index contributed by atoms with van der Waals surface area (Å²) in [6, 6.07) is 6.36. The van der Waals surface area contributed by atoms with Gasteiger partial charge < -0.3 is 4.90 Å². The molecule has 0 aliphatic carbocycles. The number of likely N-dealkylation sites (tertiary alicyclic amines) is 1. The zero-order valence-electron chi connectivity index (χ0n) is 16.5. The summed E-state index contributed by atoms with van der Waals surface area (Å²) in [6.07, 6.45) is 5.97. The standard InChI is InChI=1S/C22H26N4O/c1-5-25-13-17(12-23-25)20-11-19(22(27)26-10-6-7-15(26)3)18-9-8-14(2)16(4)21(18)24-20/h8-9,11-13,15H,5-7,10H2,1-4H3/t15-/m0/s1. The van der Waals surface area contributed by atoms with Gasteiger partial charge in [-0.05, 0) is 57.7 Å². The third kappa shape index (κ3) is 3.01. The molecule has 2 aromatic heterocycles. The molecule has 1 aromatic carbocycles. The summed E-state index contributed by atoms with van der Waals surface area (Å²) in [5.41, 5.74) is 5.72. The molecular weight excluding hydrogens is 336 g/mol. The van der Waals surface area contributed by atoms with Crippen molar-refractivity contribution in [2.24, 2.45) is 0 Å². The molecule has 27 heavy (non-hydrogen) atoms. The van der Waals surface area contributed by atoms with Gasteiger partial charge in [0, 0.05) is 36.3 Å². The van der Waals surface area contributed by atoms with E-state index in [1.165, 1.54) is 5.56 Å². The van der Waals surface area contributed by atoms with Crippen molar-refractivity contribution in [3.8, 4) is 11.3 Å². The van der Waals surface area contributed by atoms with Gasteiger partial charge in [0.25, 0.3) is 5.91 Å². The number of carbonyl (C=O) groups is 1.